The highest BCUT2D eigenvalue weighted by atomic mass is 16.6. The van der Waals surface area contributed by atoms with E-state index in [2.05, 4.69) is 9.97 Å². The number of nitrogens with zero attached hydrogens (tertiary/aromatic N) is 5. The number of nitro groups is 1. The standard InChI is InChI=1S/C13H11N5O2/c19-18(20)13-3-1-12(2-4-13)17-8-11(15-10-17)7-16-6-5-14-9-16/h1-6,8-10H,7H2. The Bertz CT molecular complexity index is 716. The van der Waals surface area contributed by atoms with Crippen LogP contribution in [0.5, 0.6) is 0 Å². The maximum Gasteiger partial charge on any atom is 0.269 e. The number of hydrogen-bond donors (Lipinski definition) is 0. The van der Waals surface area contributed by atoms with Gasteiger partial charge in [0.1, 0.15) is 0 Å². The van der Waals surface area contributed by atoms with E-state index in [0.717, 1.165) is 11.4 Å². The summed E-state index contributed by atoms with van der Waals surface area (Å²) in [5.41, 5.74) is 1.80. The molecule has 0 bridgehead atoms. The fourth-order valence-corrected chi connectivity index (χ4v) is 1.90. The van der Waals surface area contributed by atoms with E-state index < -0.39 is 4.92 Å². The van der Waals surface area contributed by atoms with Gasteiger partial charge in [-0.05, 0) is 12.1 Å². The van der Waals surface area contributed by atoms with Gasteiger partial charge in [0.2, 0.25) is 0 Å². The molecule has 0 amide bonds. The zero-order valence-corrected chi connectivity index (χ0v) is 10.5. The van der Waals surface area contributed by atoms with Gasteiger partial charge >= 0.3 is 0 Å². The maximum absolute atomic E-state index is 10.6. The molecule has 0 unspecified atom stereocenters. The van der Waals surface area contributed by atoms with Gasteiger partial charge in [-0.2, -0.15) is 0 Å². The Morgan fingerprint density at radius 1 is 1.20 bits per heavy atom. The van der Waals surface area contributed by atoms with Crippen LogP contribution in [-0.4, -0.2) is 24.0 Å². The van der Waals surface area contributed by atoms with Gasteiger partial charge in [-0.3, -0.25) is 10.1 Å². The molecule has 3 rings (SSSR count). The quantitative estimate of drug-likeness (QED) is 0.536. The Morgan fingerprint density at radius 2 is 2.00 bits per heavy atom. The van der Waals surface area contributed by atoms with Crippen molar-refractivity contribution in [3.05, 3.63) is 71.3 Å². The summed E-state index contributed by atoms with van der Waals surface area (Å²) in [5.74, 6) is 0. The molecule has 7 nitrogen and oxygen atoms in total. The Balaban J connectivity index is 1.80. The van der Waals surface area contributed by atoms with Gasteiger partial charge in [0.15, 0.2) is 0 Å². The van der Waals surface area contributed by atoms with Crippen molar-refractivity contribution in [2.75, 3.05) is 0 Å². The second-order valence-corrected chi connectivity index (χ2v) is 4.28. The lowest BCUT2D eigenvalue weighted by Gasteiger charge is -2.01. The molecule has 0 radical (unpaired) electrons. The molecule has 0 aliphatic carbocycles. The lowest BCUT2D eigenvalue weighted by Crippen LogP contribution is -1.96. The van der Waals surface area contributed by atoms with Crippen molar-refractivity contribution < 1.29 is 4.92 Å². The van der Waals surface area contributed by atoms with Crippen LogP contribution in [0, 0.1) is 10.1 Å². The molecule has 3 aromatic rings. The Kier molecular flexibility index (Phi) is 3.00. The molecule has 2 aromatic heterocycles. The molecular formula is C13H11N5O2. The summed E-state index contributed by atoms with van der Waals surface area (Å²) in [6.45, 7) is 0.639. The number of nitro benzene ring substituents is 1. The largest absolute Gasteiger partial charge is 0.331 e. The summed E-state index contributed by atoms with van der Waals surface area (Å²) in [4.78, 5) is 18.5. The monoisotopic (exact) mass is 269 g/mol. The van der Waals surface area contributed by atoms with Crippen LogP contribution in [-0.2, 0) is 6.54 Å². The molecule has 0 saturated carbocycles. The van der Waals surface area contributed by atoms with Crippen LogP contribution in [0.1, 0.15) is 5.69 Å². The van der Waals surface area contributed by atoms with Crippen LogP contribution in [0.4, 0.5) is 5.69 Å². The number of benzene rings is 1. The first kappa shape index (κ1) is 12.1. The van der Waals surface area contributed by atoms with Crippen LogP contribution >= 0.6 is 0 Å². The van der Waals surface area contributed by atoms with E-state index in [1.165, 1.54) is 12.1 Å². The molecule has 7 heteroatoms. The predicted molar refractivity (Wildman–Crippen MR) is 71.5 cm³/mol. The predicted octanol–water partition coefficient (Wildman–Crippen LogP) is 2.03. The first-order chi connectivity index (χ1) is 9.72. The molecule has 0 N–H and O–H groups in total. The van der Waals surface area contributed by atoms with Gasteiger partial charge < -0.3 is 9.13 Å². The average molecular weight is 269 g/mol. The summed E-state index contributed by atoms with van der Waals surface area (Å²) in [7, 11) is 0. The second-order valence-electron chi connectivity index (χ2n) is 4.28. The first-order valence-corrected chi connectivity index (χ1v) is 5.96. The van der Waals surface area contributed by atoms with Crippen LogP contribution in [0.3, 0.4) is 0 Å². The van der Waals surface area contributed by atoms with Crippen LogP contribution in [0.15, 0.2) is 55.5 Å². The van der Waals surface area contributed by atoms with Crippen molar-refractivity contribution in [1.29, 1.82) is 0 Å². The third-order valence-electron chi connectivity index (χ3n) is 2.90. The first-order valence-electron chi connectivity index (χ1n) is 5.96. The molecule has 0 fully saturated rings. The molecule has 0 saturated heterocycles. The summed E-state index contributed by atoms with van der Waals surface area (Å²) in [5, 5.41) is 10.6. The number of non-ortho nitro benzene ring substituents is 1. The van der Waals surface area contributed by atoms with E-state index >= 15 is 0 Å². The van der Waals surface area contributed by atoms with E-state index in [4.69, 9.17) is 0 Å². The van der Waals surface area contributed by atoms with Gasteiger partial charge in [-0.25, -0.2) is 9.97 Å². The third kappa shape index (κ3) is 2.41. The molecule has 20 heavy (non-hydrogen) atoms. The molecule has 0 atom stereocenters. The fraction of sp³-hybridized carbons (Fsp3) is 0.0769. The molecular weight excluding hydrogens is 258 g/mol. The normalized spacial score (nSPS) is 10.6. The van der Waals surface area contributed by atoms with Crippen LogP contribution in [0.25, 0.3) is 5.69 Å². The van der Waals surface area contributed by atoms with Gasteiger partial charge in [-0.1, -0.05) is 0 Å². The van der Waals surface area contributed by atoms with Crippen molar-refractivity contribution in [3.63, 3.8) is 0 Å². The zero-order valence-electron chi connectivity index (χ0n) is 10.5. The van der Waals surface area contributed by atoms with E-state index in [1.54, 1.807) is 31.0 Å². The van der Waals surface area contributed by atoms with Gasteiger partial charge in [0, 0.05) is 36.4 Å². The molecule has 2 heterocycles. The van der Waals surface area contributed by atoms with Crippen LogP contribution < -0.4 is 0 Å². The Labute approximate surface area is 114 Å². The molecule has 1 aromatic carbocycles. The number of imidazole rings is 2. The van der Waals surface area contributed by atoms with Crippen molar-refractivity contribution in [1.82, 2.24) is 19.1 Å². The number of aromatic nitrogens is 4. The van der Waals surface area contributed by atoms with E-state index in [0.29, 0.717) is 6.54 Å². The van der Waals surface area contributed by atoms with Crippen molar-refractivity contribution in [2.24, 2.45) is 0 Å². The van der Waals surface area contributed by atoms with Gasteiger partial charge in [0.05, 0.1) is 29.8 Å². The van der Waals surface area contributed by atoms with Gasteiger partial charge in [-0.15, -0.1) is 0 Å². The highest BCUT2D eigenvalue weighted by Gasteiger charge is 2.06. The minimum Gasteiger partial charge on any atom is -0.331 e. The topological polar surface area (TPSA) is 78.8 Å². The second kappa shape index (κ2) is 4.96. The average Bonchev–Trinajstić information content (AvgIpc) is 3.11. The lowest BCUT2D eigenvalue weighted by atomic mass is 10.3. The summed E-state index contributed by atoms with van der Waals surface area (Å²) >= 11 is 0. The summed E-state index contributed by atoms with van der Waals surface area (Å²) in [6, 6.07) is 6.34. The molecule has 100 valence electrons. The fourth-order valence-electron chi connectivity index (χ4n) is 1.90. The van der Waals surface area contributed by atoms with Gasteiger partial charge in [0.25, 0.3) is 5.69 Å². The van der Waals surface area contributed by atoms with E-state index in [9.17, 15) is 10.1 Å². The van der Waals surface area contributed by atoms with Crippen molar-refractivity contribution in [2.45, 2.75) is 6.54 Å². The van der Waals surface area contributed by atoms with Crippen molar-refractivity contribution >= 4 is 5.69 Å². The SMILES string of the molecule is O=[N+]([O-])c1ccc(-n2cnc(Cn3ccnc3)c2)cc1. The molecule has 0 aliphatic heterocycles. The minimum atomic E-state index is -0.415. The lowest BCUT2D eigenvalue weighted by molar-refractivity contribution is -0.384. The zero-order chi connectivity index (χ0) is 13.9. The minimum absolute atomic E-state index is 0.0764. The Morgan fingerprint density at radius 3 is 2.65 bits per heavy atom. The Hall–Kier alpha value is -2.96. The van der Waals surface area contributed by atoms with Crippen molar-refractivity contribution in [3.8, 4) is 5.69 Å². The van der Waals surface area contributed by atoms with E-state index in [1.807, 2.05) is 21.5 Å². The third-order valence-corrected chi connectivity index (χ3v) is 2.90. The smallest absolute Gasteiger partial charge is 0.269 e. The number of rotatable bonds is 4. The maximum atomic E-state index is 10.6. The summed E-state index contributed by atoms with van der Waals surface area (Å²) < 4.78 is 3.75. The highest BCUT2D eigenvalue weighted by molar-refractivity contribution is 5.40. The van der Waals surface area contributed by atoms with E-state index in [-0.39, 0.29) is 5.69 Å². The molecule has 0 spiro atoms. The van der Waals surface area contributed by atoms with Crippen LogP contribution in [0.2, 0.25) is 0 Å². The highest BCUT2D eigenvalue weighted by Crippen LogP contribution is 2.15. The summed E-state index contributed by atoms with van der Waals surface area (Å²) in [6.07, 6.45) is 8.89. The number of hydrogen-bond acceptors (Lipinski definition) is 4. The molecule has 0 aliphatic rings.